The van der Waals surface area contributed by atoms with Crippen molar-refractivity contribution in [1.29, 1.82) is 0 Å². The van der Waals surface area contributed by atoms with Crippen molar-refractivity contribution >= 4 is 41.7 Å². The van der Waals surface area contributed by atoms with E-state index in [0.29, 0.717) is 0 Å². The first-order valence-electron chi connectivity index (χ1n) is 5.93. The molecule has 1 unspecified atom stereocenters. The van der Waals surface area contributed by atoms with Crippen LogP contribution >= 0.6 is 35.7 Å². The van der Waals surface area contributed by atoms with Crippen LogP contribution in [0.4, 0.5) is 0 Å². The topological polar surface area (TPSA) is 65.1 Å². The molecule has 0 saturated carbocycles. The molecule has 2 heterocycles. The molecular weight excluding hydrogens is 361 g/mol. The van der Waals surface area contributed by atoms with Gasteiger partial charge in [-0.15, -0.1) is 24.0 Å². The Bertz CT molecular complexity index is 348. The van der Waals surface area contributed by atoms with Gasteiger partial charge >= 0.3 is 0 Å². The van der Waals surface area contributed by atoms with Crippen molar-refractivity contribution in [1.82, 2.24) is 20.8 Å². The average Bonchev–Trinajstić information content (AvgIpc) is 3.02. The summed E-state index contributed by atoms with van der Waals surface area (Å²) < 4.78 is 0. The molecule has 5 nitrogen and oxygen atoms in total. The maximum atomic E-state index is 4.20. The van der Waals surface area contributed by atoms with Gasteiger partial charge in [0.15, 0.2) is 5.96 Å². The fraction of sp³-hybridized carbons (Fsp3) is 0.636. The van der Waals surface area contributed by atoms with E-state index in [1.54, 1.807) is 13.2 Å². The number of hydrogen-bond acceptors (Lipinski definition) is 3. The maximum absolute atomic E-state index is 4.20. The Labute approximate surface area is 129 Å². The number of aromatic amines is 1. The van der Waals surface area contributed by atoms with Gasteiger partial charge in [0.2, 0.25) is 0 Å². The summed E-state index contributed by atoms with van der Waals surface area (Å²) in [6.45, 7) is 1.71. The fourth-order valence-electron chi connectivity index (χ4n) is 1.80. The van der Waals surface area contributed by atoms with Gasteiger partial charge in [0.05, 0.1) is 12.2 Å². The average molecular weight is 381 g/mol. The summed E-state index contributed by atoms with van der Waals surface area (Å²) >= 11 is 2.05. The van der Waals surface area contributed by atoms with E-state index in [4.69, 9.17) is 0 Å². The largest absolute Gasteiger partial charge is 0.355 e. The van der Waals surface area contributed by atoms with Gasteiger partial charge in [0, 0.05) is 25.0 Å². The van der Waals surface area contributed by atoms with Crippen LogP contribution in [-0.2, 0) is 6.54 Å². The molecule has 0 aromatic carbocycles. The van der Waals surface area contributed by atoms with Crippen LogP contribution in [0, 0.1) is 0 Å². The molecule has 2 rings (SSSR count). The number of H-pyrrole nitrogens is 1. The summed E-state index contributed by atoms with van der Waals surface area (Å²) in [5, 5.41) is 14.2. The number of halogens is 1. The van der Waals surface area contributed by atoms with Crippen molar-refractivity contribution in [2.75, 3.05) is 19.3 Å². The Kier molecular flexibility index (Phi) is 7.48. The first kappa shape index (κ1) is 15.6. The van der Waals surface area contributed by atoms with Crippen molar-refractivity contribution in [2.24, 2.45) is 4.99 Å². The molecule has 1 atom stereocenters. The highest BCUT2D eigenvalue weighted by Crippen LogP contribution is 2.25. The van der Waals surface area contributed by atoms with Crippen LogP contribution in [-0.4, -0.2) is 40.8 Å². The smallest absolute Gasteiger partial charge is 0.191 e. The molecule has 18 heavy (non-hydrogen) atoms. The van der Waals surface area contributed by atoms with E-state index < -0.39 is 0 Å². The van der Waals surface area contributed by atoms with Crippen LogP contribution in [0.2, 0.25) is 0 Å². The molecule has 102 valence electrons. The van der Waals surface area contributed by atoms with Gasteiger partial charge in [-0.25, -0.2) is 0 Å². The number of hydrogen-bond donors (Lipinski definition) is 3. The predicted octanol–water partition coefficient (Wildman–Crippen LogP) is 1.59. The second kappa shape index (κ2) is 8.63. The summed E-state index contributed by atoms with van der Waals surface area (Å²) in [6, 6.07) is 1.95. The van der Waals surface area contributed by atoms with Crippen LogP contribution in [0.5, 0.6) is 0 Å². The second-order valence-electron chi connectivity index (χ2n) is 4.02. The molecule has 1 aliphatic rings. The van der Waals surface area contributed by atoms with Crippen molar-refractivity contribution in [3.05, 3.63) is 18.0 Å². The van der Waals surface area contributed by atoms with E-state index in [-0.39, 0.29) is 24.0 Å². The summed E-state index contributed by atoms with van der Waals surface area (Å²) in [7, 11) is 1.80. The lowest BCUT2D eigenvalue weighted by Crippen LogP contribution is -2.39. The number of aliphatic imine (C=N–C) groups is 1. The Morgan fingerprint density at radius 3 is 3.11 bits per heavy atom. The molecule has 1 aromatic heterocycles. The highest BCUT2D eigenvalue weighted by Gasteiger charge is 2.15. The van der Waals surface area contributed by atoms with Crippen LogP contribution in [0.15, 0.2) is 17.3 Å². The minimum atomic E-state index is 0. The van der Waals surface area contributed by atoms with Crippen molar-refractivity contribution in [3.8, 4) is 0 Å². The minimum absolute atomic E-state index is 0. The van der Waals surface area contributed by atoms with Gasteiger partial charge in [-0.3, -0.25) is 10.1 Å². The zero-order valence-corrected chi connectivity index (χ0v) is 13.6. The number of aromatic nitrogens is 2. The minimum Gasteiger partial charge on any atom is -0.355 e. The Morgan fingerprint density at radius 2 is 2.50 bits per heavy atom. The van der Waals surface area contributed by atoms with E-state index in [9.17, 15) is 0 Å². The SMILES string of the molecule is CN=C(NCc1ccn[nH]1)NCC1CCCS1.I. The zero-order valence-electron chi connectivity index (χ0n) is 10.5. The Hall–Kier alpha value is -0.440. The Balaban J connectivity index is 0.00000162. The second-order valence-corrected chi connectivity index (χ2v) is 5.43. The fourth-order valence-corrected chi connectivity index (χ4v) is 3.00. The first-order chi connectivity index (χ1) is 8.38. The monoisotopic (exact) mass is 381 g/mol. The van der Waals surface area contributed by atoms with E-state index in [0.717, 1.165) is 30.0 Å². The van der Waals surface area contributed by atoms with E-state index in [1.807, 2.05) is 17.8 Å². The normalized spacial score (nSPS) is 19.4. The van der Waals surface area contributed by atoms with E-state index in [2.05, 4.69) is 25.8 Å². The molecule has 0 radical (unpaired) electrons. The Morgan fingerprint density at radius 1 is 1.61 bits per heavy atom. The van der Waals surface area contributed by atoms with E-state index in [1.165, 1.54) is 18.6 Å². The summed E-state index contributed by atoms with van der Waals surface area (Å²) in [4.78, 5) is 4.20. The molecule has 3 N–H and O–H groups in total. The van der Waals surface area contributed by atoms with Gasteiger partial charge < -0.3 is 10.6 Å². The highest BCUT2D eigenvalue weighted by molar-refractivity contribution is 14.0. The maximum Gasteiger partial charge on any atom is 0.191 e. The van der Waals surface area contributed by atoms with Crippen molar-refractivity contribution in [2.45, 2.75) is 24.6 Å². The quantitative estimate of drug-likeness (QED) is 0.421. The van der Waals surface area contributed by atoms with Crippen molar-refractivity contribution in [3.63, 3.8) is 0 Å². The third kappa shape index (κ3) is 5.05. The predicted molar refractivity (Wildman–Crippen MR) is 87.7 cm³/mol. The van der Waals surface area contributed by atoms with Crippen LogP contribution in [0.25, 0.3) is 0 Å². The third-order valence-corrected chi connectivity index (χ3v) is 4.15. The molecule has 1 saturated heterocycles. The van der Waals surface area contributed by atoms with Crippen LogP contribution < -0.4 is 10.6 Å². The van der Waals surface area contributed by atoms with Gasteiger partial charge in [0.25, 0.3) is 0 Å². The highest BCUT2D eigenvalue weighted by atomic mass is 127. The van der Waals surface area contributed by atoms with Gasteiger partial charge in [-0.2, -0.15) is 16.9 Å². The summed E-state index contributed by atoms with van der Waals surface area (Å²) in [5.41, 5.74) is 1.06. The number of nitrogens with one attached hydrogen (secondary N) is 3. The lowest BCUT2D eigenvalue weighted by molar-refractivity contribution is 0.722. The molecule has 1 aliphatic heterocycles. The zero-order chi connectivity index (χ0) is 11.9. The molecule has 1 fully saturated rings. The molecule has 0 amide bonds. The number of nitrogens with zero attached hydrogens (tertiary/aromatic N) is 2. The number of thioether (sulfide) groups is 1. The molecule has 7 heteroatoms. The van der Waals surface area contributed by atoms with Gasteiger partial charge in [-0.05, 0) is 24.7 Å². The van der Waals surface area contributed by atoms with E-state index >= 15 is 0 Å². The van der Waals surface area contributed by atoms with Gasteiger partial charge in [0.1, 0.15) is 0 Å². The standard InChI is InChI=1S/C11H19N5S.HI/c1-12-11(13-7-9-4-5-15-16-9)14-8-10-3-2-6-17-10;/h4-5,10H,2-3,6-8H2,1H3,(H,15,16)(H2,12,13,14);1H. The number of guanidine groups is 1. The molecule has 0 bridgehead atoms. The third-order valence-electron chi connectivity index (χ3n) is 2.75. The van der Waals surface area contributed by atoms with Gasteiger partial charge in [-0.1, -0.05) is 0 Å². The van der Waals surface area contributed by atoms with Crippen LogP contribution in [0.3, 0.4) is 0 Å². The summed E-state index contributed by atoms with van der Waals surface area (Å²) in [6.07, 6.45) is 4.41. The first-order valence-corrected chi connectivity index (χ1v) is 6.97. The lowest BCUT2D eigenvalue weighted by atomic mass is 10.2. The molecule has 1 aromatic rings. The molecule has 0 spiro atoms. The lowest BCUT2D eigenvalue weighted by Gasteiger charge is -2.14. The number of rotatable bonds is 4. The van der Waals surface area contributed by atoms with Crippen LogP contribution in [0.1, 0.15) is 18.5 Å². The van der Waals surface area contributed by atoms with Crippen molar-refractivity contribution < 1.29 is 0 Å². The summed E-state index contributed by atoms with van der Waals surface area (Å²) in [5.74, 6) is 2.15. The molecule has 0 aliphatic carbocycles. The molecular formula is C11H20IN5S.